The number of hydrogen-bond donors (Lipinski definition) is 2. The van der Waals surface area contributed by atoms with Crippen LogP contribution in [0.5, 0.6) is 0 Å². The highest BCUT2D eigenvalue weighted by molar-refractivity contribution is 5.95. The van der Waals surface area contributed by atoms with Gasteiger partial charge < -0.3 is 11.1 Å². The molecule has 0 radical (unpaired) electrons. The molecule has 1 aromatic rings. The van der Waals surface area contributed by atoms with Crippen molar-refractivity contribution in [3.8, 4) is 0 Å². The Bertz CT molecular complexity index is 472. The molecule has 2 rings (SSSR count). The van der Waals surface area contributed by atoms with E-state index < -0.39 is 17.5 Å². The molecule has 0 heterocycles. The molecule has 0 aliphatic heterocycles. The zero-order valence-corrected chi connectivity index (χ0v) is 10.2. The van der Waals surface area contributed by atoms with E-state index in [0.717, 1.165) is 18.6 Å². The molecule has 1 aliphatic rings. The first-order chi connectivity index (χ1) is 8.47. The number of rotatable bonds is 4. The SMILES string of the molecule is CC(CC1CC1)NC(=O)c1cc(F)cc(N)c1F. The molecule has 0 saturated heterocycles. The van der Waals surface area contributed by atoms with Gasteiger partial charge in [-0.25, -0.2) is 8.78 Å². The zero-order chi connectivity index (χ0) is 13.3. The lowest BCUT2D eigenvalue weighted by atomic mass is 10.1. The third kappa shape index (κ3) is 2.97. The van der Waals surface area contributed by atoms with Crippen molar-refractivity contribution in [1.82, 2.24) is 5.32 Å². The average Bonchev–Trinajstić information content (AvgIpc) is 3.06. The van der Waals surface area contributed by atoms with Crippen LogP contribution in [0.2, 0.25) is 0 Å². The van der Waals surface area contributed by atoms with Gasteiger partial charge in [0.25, 0.3) is 5.91 Å². The van der Waals surface area contributed by atoms with Crippen LogP contribution in [0.25, 0.3) is 0 Å². The third-order valence-corrected chi connectivity index (χ3v) is 3.07. The van der Waals surface area contributed by atoms with Crippen molar-refractivity contribution in [2.45, 2.75) is 32.2 Å². The van der Waals surface area contributed by atoms with Crippen LogP contribution in [0.1, 0.15) is 36.5 Å². The summed E-state index contributed by atoms with van der Waals surface area (Å²) in [6, 6.07) is 1.68. The van der Waals surface area contributed by atoms with E-state index in [1.54, 1.807) is 0 Å². The van der Waals surface area contributed by atoms with Crippen LogP contribution >= 0.6 is 0 Å². The molecule has 1 aromatic carbocycles. The first kappa shape index (κ1) is 12.8. The van der Waals surface area contributed by atoms with Gasteiger partial charge in [-0.2, -0.15) is 0 Å². The fourth-order valence-electron chi connectivity index (χ4n) is 1.99. The van der Waals surface area contributed by atoms with Crippen LogP contribution in [0.4, 0.5) is 14.5 Å². The lowest BCUT2D eigenvalue weighted by Crippen LogP contribution is -2.33. The maximum Gasteiger partial charge on any atom is 0.254 e. The Hall–Kier alpha value is -1.65. The van der Waals surface area contributed by atoms with E-state index in [0.29, 0.717) is 5.92 Å². The van der Waals surface area contributed by atoms with Crippen molar-refractivity contribution in [3.05, 3.63) is 29.3 Å². The largest absolute Gasteiger partial charge is 0.396 e. The summed E-state index contributed by atoms with van der Waals surface area (Å²) in [6.45, 7) is 1.86. The molecule has 3 nitrogen and oxygen atoms in total. The van der Waals surface area contributed by atoms with Crippen LogP contribution in [0, 0.1) is 17.6 Å². The molecule has 5 heteroatoms. The van der Waals surface area contributed by atoms with Gasteiger partial charge in [-0.15, -0.1) is 0 Å². The number of halogens is 2. The molecule has 1 amide bonds. The normalized spacial score (nSPS) is 16.4. The van der Waals surface area contributed by atoms with E-state index in [2.05, 4.69) is 5.32 Å². The lowest BCUT2D eigenvalue weighted by molar-refractivity contribution is 0.0933. The van der Waals surface area contributed by atoms with Crippen LogP contribution in [-0.2, 0) is 0 Å². The molecule has 98 valence electrons. The Labute approximate surface area is 104 Å². The first-order valence-corrected chi connectivity index (χ1v) is 6.02. The maximum absolute atomic E-state index is 13.6. The van der Waals surface area contributed by atoms with E-state index >= 15 is 0 Å². The smallest absolute Gasteiger partial charge is 0.254 e. The second-order valence-corrected chi connectivity index (χ2v) is 4.91. The van der Waals surface area contributed by atoms with Gasteiger partial charge in [-0.3, -0.25) is 4.79 Å². The third-order valence-electron chi connectivity index (χ3n) is 3.07. The molecule has 1 atom stereocenters. The van der Waals surface area contributed by atoms with Crippen molar-refractivity contribution >= 4 is 11.6 Å². The Morgan fingerprint density at radius 2 is 2.17 bits per heavy atom. The summed E-state index contributed by atoms with van der Waals surface area (Å²) in [5.41, 5.74) is 4.60. The van der Waals surface area contributed by atoms with Crippen molar-refractivity contribution in [1.29, 1.82) is 0 Å². The van der Waals surface area contributed by atoms with Crippen molar-refractivity contribution in [2.75, 3.05) is 5.73 Å². The molecule has 3 N–H and O–H groups in total. The molecule has 0 bridgehead atoms. The van der Waals surface area contributed by atoms with Gasteiger partial charge in [0.15, 0.2) is 5.82 Å². The van der Waals surface area contributed by atoms with Gasteiger partial charge >= 0.3 is 0 Å². The minimum atomic E-state index is -0.868. The van der Waals surface area contributed by atoms with E-state index in [-0.39, 0.29) is 17.3 Å². The Morgan fingerprint density at radius 3 is 2.78 bits per heavy atom. The number of carbonyl (C=O) groups is 1. The van der Waals surface area contributed by atoms with Crippen molar-refractivity contribution < 1.29 is 13.6 Å². The fourth-order valence-corrected chi connectivity index (χ4v) is 1.99. The van der Waals surface area contributed by atoms with Crippen LogP contribution in [0.3, 0.4) is 0 Å². The van der Waals surface area contributed by atoms with E-state index in [4.69, 9.17) is 5.73 Å². The molecule has 1 unspecified atom stereocenters. The average molecular weight is 254 g/mol. The fraction of sp³-hybridized carbons (Fsp3) is 0.462. The number of hydrogen-bond acceptors (Lipinski definition) is 2. The lowest BCUT2D eigenvalue weighted by Gasteiger charge is -2.14. The predicted octanol–water partition coefficient (Wildman–Crippen LogP) is 2.47. The standard InChI is InChI=1S/C13H16F2N2O/c1-7(4-8-2-3-8)17-13(18)10-5-9(14)6-11(16)12(10)15/h5-8H,2-4,16H2,1H3,(H,17,18). The number of benzene rings is 1. The molecule has 1 aliphatic carbocycles. The number of nitrogens with two attached hydrogens (primary N) is 1. The van der Waals surface area contributed by atoms with Gasteiger partial charge in [0, 0.05) is 6.04 Å². The molecule has 18 heavy (non-hydrogen) atoms. The molecule has 0 spiro atoms. The number of carbonyl (C=O) groups excluding carboxylic acids is 1. The summed E-state index contributed by atoms with van der Waals surface area (Å²) in [5, 5.41) is 2.66. The van der Waals surface area contributed by atoms with Gasteiger partial charge in [0.1, 0.15) is 5.82 Å². The second-order valence-electron chi connectivity index (χ2n) is 4.91. The monoisotopic (exact) mass is 254 g/mol. The van der Waals surface area contributed by atoms with Gasteiger partial charge in [-0.05, 0) is 31.4 Å². The number of anilines is 1. The van der Waals surface area contributed by atoms with E-state index in [1.165, 1.54) is 12.8 Å². The summed E-state index contributed by atoms with van der Waals surface area (Å²) < 4.78 is 26.7. The predicted molar refractivity (Wildman–Crippen MR) is 65.0 cm³/mol. The summed E-state index contributed by atoms with van der Waals surface area (Å²) in [7, 11) is 0. The minimum absolute atomic E-state index is 0.0473. The molecule has 0 aromatic heterocycles. The minimum Gasteiger partial charge on any atom is -0.396 e. The van der Waals surface area contributed by atoms with Gasteiger partial charge in [0.2, 0.25) is 0 Å². The molecule has 1 saturated carbocycles. The van der Waals surface area contributed by atoms with Crippen LogP contribution in [0.15, 0.2) is 12.1 Å². The summed E-state index contributed by atoms with van der Waals surface area (Å²) in [5.74, 6) is -1.55. The van der Waals surface area contributed by atoms with Crippen LogP contribution < -0.4 is 11.1 Å². The van der Waals surface area contributed by atoms with E-state index in [9.17, 15) is 13.6 Å². The van der Waals surface area contributed by atoms with Crippen molar-refractivity contribution in [3.63, 3.8) is 0 Å². The number of nitrogen functional groups attached to an aromatic ring is 1. The number of amides is 1. The van der Waals surface area contributed by atoms with Gasteiger partial charge in [0.05, 0.1) is 11.3 Å². The zero-order valence-electron chi connectivity index (χ0n) is 10.2. The van der Waals surface area contributed by atoms with Crippen molar-refractivity contribution in [2.24, 2.45) is 5.92 Å². The van der Waals surface area contributed by atoms with E-state index in [1.807, 2.05) is 6.92 Å². The topological polar surface area (TPSA) is 55.1 Å². The Morgan fingerprint density at radius 1 is 1.50 bits per heavy atom. The first-order valence-electron chi connectivity index (χ1n) is 6.02. The molecular weight excluding hydrogens is 238 g/mol. The summed E-state index contributed by atoms with van der Waals surface area (Å²) in [6.07, 6.45) is 3.24. The Kier molecular flexibility index (Phi) is 3.50. The highest BCUT2D eigenvalue weighted by atomic mass is 19.1. The van der Waals surface area contributed by atoms with Crippen LogP contribution in [-0.4, -0.2) is 11.9 Å². The number of nitrogens with one attached hydrogen (secondary N) is 1. The summed E-state index contributed by atoms with van der Waals surface area (Å²) >= 11 is 0. The second kappa shape index (κ2) is 4.92. The Balaban J connectivity index is 2.07. The highest BCUT2D eigenvalue weighted by Gasteiger charge is 2.25. The quantitative estimate of drug-likeness (QED) is 0.811. The maximum atomic E-state index is 13.6. The summed E-state index contributed by atoms with van der Waals surface area (Å²) in [4.78, 5) is 11.8. The molecule has 1 fully saturated rings. The highest BCUT2D eigenvalue weighted by Crippen LogP contribution is 2.33. The molecular formula is C13H16F2N2O. The van der Waals surface area contributed by atoms with Gasteiger partial charge in [-0.1, -0.05) is 12.8 Å².